The van der Waals surface area contributed by atoms with Crippen LogP contribution >= 0.6 is 0 Å². The van der Waals surface area contributed by atoms with Crippen molar-refractivity contribution in [3.8, 4) is 0 Å². The molecular formula is C15H26O. The molecular weight excluding hydrogens is 196 g/mol. The Morgan fingerprint density at radius 1 is 1.12 bits per heavy atom. The van der Waals surface area contributed by atoms with Crippen molar-refractivity contribution >= 4 is 5.78 Å². The van der Waals surface area contributed by atoms with Crippen molar-refractivity contribution in [3.63, 3.8) is 0 Å². The molecule has 0 radical (unpaired) electrons. The van der Waals surface area contributed by atoms with Gasteiger partial charge >= 0.3 is 0 Å². The molecule has 0 amide bonds. The predicted octanol–water partition coefficient (Wildman–Crippen LogP) is 4.21. The zero-order chi connectivity index (χ0) is 11.5. The second kappa shape index (κ2) is 5.33. The molecule has 2 fully saturated rings. The first-order valence-electron chi connectivity index (χ1n) is 7.26. The molecule has 0 aromatic heterocycles. The fourth-order valence-electron chi connectivity index (χ4n) is 3.74. The zero-order valence-corrected chi connectivity index (χ0v) is 10.9. The number of carbonyl (C=O) groups excluding carboxylic acids is 1. The zero-order valence-electron chi connectivity index (χ0n) is 10.9. The Morgan fingerprint density at radius 3 is 2.50 bits per heavy atom. The van der Waals surface area contributed by atoms with Gasteiger partial charge in [0, 0.05) is 11.8 Å². The third-order valence-corrected chi connectivity index (χ3v) is 5.04. The lowest BCUT2D eigenvalue weighted by atomic mass is 9.66. The second-order valence-electron chi connectivity index (χ2n) is 6.03. The highest BCUT2D eigenvalue weighted by Crippen LogP contribution is 2.43. The number of ketones is 1. The molecule has 0 aliphatic heterocycles. The van der Waals surface area contributed by atoms with Crippen LogP contribution in [-0.2, 0) is 4.79 Å². The van der Waals surface area contributed by atoms with E-state index in [1.807, 2.05) is 0 Å². The van der Waals surface area contributed by atoms with Crippen LogP contribution < -0.4 is 0 Å². The highest BCUT2D eigenvalue weighted by atomic mass is 16.1. The second-order valence-corrected chi connectivity index (χ2v) is 6.03. The number of fused-ring (bicyclic) bond motifs is 1. The van der Waals surface area contributed by atoms with Gasteiger partial charge < -0.3 is 0 Å². The molecule has 0 aromatic rings. The van der Waals surface area contributed by atoms with Crippen LogP contribution in [0.5, 0.6) is 0 Å². The van der Waals surface area contributed by atoms with E-state index in [0.717, 1.165) is 18.3 Å². The minimum Gasteiger partial charge on any atom is -0.299 e. The van der Waals surface area contributed by atoms with E-state index in [1.165, 1.54) is 44.9 Å². The molecule has 0 bridgehead atoms. The third kappa shape index (κ3) is 2.49. The Morgan fingerprint density at radius 2 is 1.81 bits per heavy atom. The molecule has 0 spiro atoms. The number of hydrogen-bond acceptors (Lipinski definition) is 1. The van der Waals surface area contributed by atoms with Gasteiger partial charge in [0.1, 0.15) is 5.78 Å². The maximum absolute atomic E-state index is 12.2. The van der Waals surface area contributed by atoms with Crippen LogP contribution in [0.15, 0.2) is 0 Å². The maximum atomic E-state index is 12.2. The summed E-state index contributed by atoms with van der Waals surface area (Å²) >= 11 is 0. The molecule has 4 atom stereocenters. The Labute approximate surface area is 100.0 Å². The van der Waals surface area contributed by atoms with Crippen molar-refractivity contribution in [1.29, 1.82) is 0 Å². The van der Waals surface area contributed by atoms with E-state index in [1.54, 1.807) is 0 Å². The summed E-state index contributed by atoms with van der Waals surface area (Å²) < 4.78 is 0. The summed E-state index contributed by atoms with van der Waals surface area (Å²) in [7, 11) is 0. The van der Waals surface area contributed by atoms with Gasteiger partial charge in [0.2, 0.25) is 0 Å². The van der Waals surface area contributed by atoms with Gasteiger partial charge in [-0.2, -0.15) is 0 Å². The number of hydrogen-bond donors (Lipinski definition) is 0. The van der Waals surface area contributed by atoms with Gasteiger partial charge in [-0.05, 0) is 37.5 Å². The van der Waals surface area contributed by atoms with E-state index in [-0.39, 0.29) is 0 Å². The van der Waals surface area contributed by atoms with Crippen LogP contribution in [0.2, 0.25) is 0 Å². The minimum absolute atomic E-state index is 0.296. The highest BCUT2D eigenvalue weighted by Gasteiger charge is 2.35. The van der Waals surface area contributed by atoms with E-state index in [0.29, 0.717) is 17.6 Å². The van der Waals surface area contributed by atoms with Crippen molar-refractivity contribution in [1.82, 2.24) is 0 Å². The summed E-state index contributed by atoms with van der Waals surface area (Å²) in [6, 6.07) is 0. The molecule has 2 rings (SSSR count). The van der Waals surface area contributed by atoms with Crippen LogP contribution in [-0.4, -0.2) is 5.78 Å². The van der Waals surface area contributed by atoms with Crippen molar-refractivity contribution in [2.24, 2.45) is 23.7 Å². The van der Waals surface area contributed by atoms with Gasteiger partial charge in [0.05, 0.1) is 0 Å². The van der Waals surface area contributed by atoms with Gasteiger partial charge in [0.25, 0.3) is 0 Å². The average molecular weight is 222 g/mol. The van der Waals surface area contributed by atoms with E-state index < -0.39 is 0 Å². The Balaban J connectivity index is 1.92. The molecule has 92 valence electrons. The van der Waals surface area contributed by atoms with Crippen LogP contribution in [0.4, 0.5) is 0 Å². The van der Waals surface area contributed by atoms with Crippen LogP contribution in [0.1, 0.15) is 65.2 Å². The van der Waals surface area contributed by atoms with Gasteiger partial charge in [0.15, 0.2) is 0 Å². The summed E-state index contributed by atoms with van der Waals surface area (Å²) in [4.78, 5) is 12.2. The smallest absolute Gasteiger partial charge is 0.138 e. The van der Waals surface area contributed by atoms with E-state index in [4.69, 9.17) is 0 Å². The SMILES string of the molecule is CCC(C)C(=O)C1CCC2CCCCC2C1. The Bertz CT molecular complexity index is 246. The van der Waals surface area contributed by atoms with Crippen LogP contribution in [0, 0.1) is 23.7 Å². The van der Waals surface area contributed by atoms with Gasteiger partial charge in [-0.3, -0.25) is 4.79 Å². The lowest BCUT2D eigenvalue weighted by Gasteiger charge is -2.39. The van der Waals surface area contributed by atoms with Gasteiger partial charge in [-0.15, -0.1) is 0 Å². The Kier molecular flexibility index (Phi) is 4.05. The summed E-state index contributed by atoms with van der Waals surface area (Å²) in [6.45, 7) is 4.24. The van der Waals surface area contributed by atoms with Crippen molar-refractivity contribution < 1.29 is 4.79 Å². The lowest BCUT2D eigenvalue weighted by Crippen LogP contribution is -2.33. The van der Waals surface area contributed by atoms with E-state index >= 15 is 0 Å². The molecule has 0 aromatic carbocycles. The monoisotopic (exact) mass is 222 g/mol. The van der Waals surface area contributed by atoms with Gasteiger partial charge in [-0.1, -0.05) is 39.5 Å². The number of rotatable bonds is 3. The summed E-state index contributed by atoms with van der Waals surface area (Å²) in [5, 5.41) is 0. The van der Waals surface area contributed by atoms with Gasteiger partial charge in [-0.25, -0.2) is 0 Å². The number of Topliss-reactive ketones (excluding diaryl/α,β-unsaturated/α-hetero) is 1. The normalized spacial score (nSPS) is 36.5. The lowest BCUT2D eigenvalue weighted by molar-refractivity contribution is -0.128. The van der Waals surface area contributed by atoms with Crippen LogP contribution in [0.25, 0.3) is 0 Å². The molecule has 1 heteroatoms. The summed E-state index contributed by atoms with van der Waals surface area (Å²) in [5.41, 5.74) is 0. The highest BCUT2D eigenvalue weighted by molar-refractivity contribution is 5.83. The maximum Gasteiger partial charge on any atom is 0.138 e. The molecule has 16 heavy (non-hydrogen) atoms. The molecule has 4 unspecified atom stereocenters. The van der Waals surface area contributed by atoms with Crippen LogP contribution in [0.3, 0.4) is 0 Å². The first-order chi connectivity index (χ1) is 7.72. The third-order valence-electron chi connectivity index (χ3n) is 5.04. The minimum atomic E-state index is 0.296. The fraction of sp³-hybridized carbons (Fsp3) is 0.933. The molecule has 0 saturated heterocycles. The largest absolute Gasteiger partial charge is 0.299 e. The summed E-state index contributed by atoms with van der Waals surface area (Å²) in [5.74, 6) is 3.13. The topological polar surface area (TPSA) is 17.1 Å². The average Bonchev–Trinajstić information content (AvgIpc) is 2.36. The quantitative estimate of drug-likeness (QED) is 0.699. The molecule has 2 aliphatic rings. The first kappa shape index (κ1) is 12.1. The van der Waals surface area contributed by atoms with E-state index in [2.05, 4.69) is 13.8 Å². The standard InChI is InChI=1S/C15H26O/c1-3-11(2)15(16)14-9-8-12-6-4-5-7-13(12)10-14/h11-14H,3-10H2,1-2H3. The predicted molar refractivity (Wildman–Crippen MR) is 67.3 cm³/mol. The number of carbonyl (C=O) groups is 1. The van der Waals surface area contributed by atoms with Crippen molar-refractivity contribution in [2.45, 2.75) is 65.2 Å². The molecule has 0 heterocycles. The Hall–Kier alpha value is -0.330. The molecule has 2 saturated carbocycles. The fourth-order valence-corrected chi connectivity index (χ4v) is 3.74. The first-order valence-corrected chi connectivity index (χ1v) is 7.26. The molecule has 0 N–H and O–H groups in total. The molecule has 1 nitrogen and oxygen atoms in total. The van der Waals surface area contributed by atoms with Crippen molar-refractivity contribution in [3.05, 3.63) is 0 Å². The summed E-state index contributed by atoms with van der Waals surface area (Å²) in [6.07, 6.45) is 10.4. The van der Waals surface area contributed by atoms with Crippen molar-refractivity contribution in [2.75, 3.05) is 0 Å². The molecule has 2 aliphatic carbocycles. The van der Waals surface area contributed by atoms with E-state index in [9.17, 15) is 4.79 Å².